The summed E-state index contributed by atoms with van der Waals surface area (Å²) in [5, 5.41) is 0. The normalized spacial score (nSPS) is 10.9. The Balaban J connectivity index is 1.84. The fourth-order valence-electron chi connectivity index (χ4n) is 3.47. The van der Waals surface area contributed by atoms with E-state index in [2.05, 4.69) is 17.1 Å². The summed E-state index contributed by atoms with van der Waals surface area (Å²) in [5.41, 5.74) is 4.83. The Morgan fingerprint density at radius 3 is 1.72 bits per heavy atom. The summed E-state index contributed by atoms with van der Waals surface area (Å²) in [6.07, 6.45) is 0. The van der Waals surface area contributed by atoms with Crippen molar-refractivity contribution >= 4 is 5.65 Å². The molecular weight excluding hydrogens is 358 g/mol. The Morgan fingerprint density at radius 2 is 1.10 bits per heavy atom. The molecule has 5 rings (SSSR count). The van der Waals surface area contributed by atoms with Gasteiger partial charge >= 0.3 is 5.69 Å². The van der Waals surface area contributed by atoms with Crippen molar-refractivity contribution in [1.29, 1.82) is 0 Å². The maximum Gasteiger partial charge on any atom is 0.355 e. The monoisotopic (exact) mass is 375 g/mol. The van der Waals surface area contributed by atoms with Crippen LogP contribution in [0, 0.1) is 0 Å². The molecule has 0 amide bonds. The van der Waals surface area contributed by atoms with Crippen LogP contribution in [0.5, 0.6) is 0 Å². The summed E-state index contributed by atoms with van der Waals surface area (Å²) in [4.78, 5) is 22.0. The Hall–Kier alpha value is -4.05. The molecule has 4 heteroatoms. The Morgan fingerprint density at radius 1 is 0.552 bits per heavy atom. The van der Waals surface area contributed by atoms with Gasteiger partial charge in [0.05, 0.1) is 5.69 Å². The van der Waals surface area contributed by atoms with Gasteiger partial charge in [-0.25, -0.2) is 14.2 Å². The van der Waals surface area contributed by atoms with Crippen molar-refractivity contribution in [1.82, 2.24) is 14.4 Å². The minimum atomic E-state index is -0.340. The first-order valence-corrected chi connectivity index (χ1v) is 9.41. The fraction of sp³-hybridized carbons (Fsp3) is 0. The van der Waals surface area contributed by atoms with Gasteiger partial charge in [0.2, 0.25) is 0 Å². The average Bonchev–Trinajstić information content (AvgIpc) is 2.80. The number of nitrogens with zero attached hydrogens (tertiary/aromatic N) is 3. The number of hydrogen-bond acceptors (Lipinski definition) is 3. The molecule has 0 unspecified atom stereocenters. The summed E-state index contributed by atoms with van der Waals surface area (Å²) < 4.78 is 1.58. The lowest BCUT2D eigenvalue weighted by atomic mass is 10.0. The van der Waals surface area contributed by atoms with Gasteiger partial charge in [0.15, 0.2) is 5.82 Å². The van der Waals surface area contributed by atoms with Gasteiger partial charge < -0.3 is 0 Å². The van der Waals surface area contributed by atoms with Crippen molar-refractivity contribution in [3.63, 3.8) is 0 Å². The van der Waals surface area contributed by atoms with E-state index in [0.717, 1.165) is 27.9 Å². The number of fused-ring (bicyclic) bond motifs is 1. The minimum Gasteiger partial charge on any atom is -0.245 e. The summed E-state index contributed by atoms with van der Waals surface area (Å²) >= 11 is 0. The first-order chi connectivity index (χ1) is 14.3. The van der Waals surface area contributed by atoms with Crippen LogP contribution in [0.25, 0.3) is 39.4 Å². The second-order valence-corrected chi connectivity index (χ2v) is 6.75. The molecule has 0 bridgehead atoms. The molecule has 2 aromatic heterocycles. The average molecular weight is 375 g/mol. The quantitative estimate of drug-likeness (QED) is 0.441. The van der Waals surface area contributed by atoms with Crippen LogP contribution in [0.4, 0.5) is 0 Å². The molecule has 0 fully saturated rings. The maximum atomic E-state index is 13.0. The van der Waals surface area contributed by atoms with E-state index in [4.69, 9.17) is 4.98 Å². The highest BCUT2D eigenvalue weighted by atomic mass is 16.1. The molecule has 0 saturated carbocycles. The van der Waals surface area contributed by atoms with E-state index in [-0.39, 0.29) is 5.69 Å². The van der Waals surface area contributed by atoms with Gasteiger partial charge in [-0.1, -0.05) is 91.0 Å². The van der Waals surface area contributed by atoms with Crippen molar-refractivity contribution in [2.24, 2.45) is 0 Å². The molecular formula is C25H17N3O. The van der Waals surface area contributed by atoms with Crippen molar-refractivity contribution in [2.45, 2.75) is 0 Å². The van der Waals surface area contributed by atoms with Gasteiger partial charge in [-0.2, -0.15) is 4.98 Å². The summed E-state index contributed by atoms with van der Waals surface area (Å²) in [7, 11) is 0. The summed E-state index contributed by atoms with van der Waals surface area (Å²) in [5.74, 6) is 0.430. The third kappa shape index (κ3) is 3.21. The maximum absolute atomic E-state index is 13.0. The van der Waals surface area contributed by atoms with Gasteiger partial charge in [-0.05, 0) is 28.8 Å². The highest BCUT2D eigenvalue weighted by Crippen LogP contribution is 2.27. The van der Waals surface area contributed by atoms with Gasteiger partial charge in [0, 0.05) is 5.56 Å². The van der Waals surface area contributed by atoms with Crippen molar-refractivity contribution in [3.8, 4) is 33.8 Å². The number of aromatic nitrogens is 3. The molecule has 0 N–H and O–H groups in total. The second-order valence-electron chi connectivity index (χ2n) is 6.75. The molecule has 138 valence electrons. The molecule has 0 atom stereocenters. The van der Waals surface area contributed by atoms with Crippen LogP contribution in [0.2, 0.25) is 0 Å². The Labute approximate surface area is 167 Å². The van der Waals surface area contributed by atoms with E-state index < -0.39 is 0 Å². The van der Waals surface area contributed by atoms with Crippen LogP contribution in [0.15, 0.2) is 108 Å². The van der Waals surface area contributed by atoms with E-state index in [0.29, 0.717) is 11.5 Å². The molecule has 2 heterocycles. The highest BCUT2D eigenvalue weighted by Gasteiger charge is 2.13. The number of pyridine rings is 1. The predicted molar refractivity (Wildman–Crippen MR) is 116 cm³/mol. The molecule has 0 aliphatic heterocycles. The van der Waals surface area contributed by atoms with Crippen molar-refractivity contribution in [2.75, 3.05) is 0 Å². The van der Waals surface area contributed by atoms with Gasteiger partial charge in [0.1, 0.15) is 5.65 Å². The third-order valence-electron chi connectivity index (χ3n) is 4.87. The van der Waals surface area contributed by atoms with Crippen molar-refractivity contribution in [3.05, 3.63) is 114 Å². The lowest BCUT2D eigenvalue weighted by Gasteiger charge is -2.12. The van der Waals surface area contributed by atoms with Gasteiger partial charge in [-0.3, -0.25) is 0 Å². The van der Waals surface area contributed by atoms with Gasteiger partial charge in [0.25, 0.3) is 0 Å². The molecule has 3 aromatic carbocycles. The molecule has 0 saturated heterocycles. The largest absolute Gasteiger partial charge is 0.355 e. The van der Waals surface area contributed by atoms with E-state index in [1.54, 1.807) is 4.40 Å². The number of hydrogen-bond donors (Lipinski definition) is 0. The standard InChI is InChI=1S/C25H17N3O/c29-25-27-24(20-14-8-3-9-15-20)26-23-17-21(18-10-4-1-5-11-18)16-22(28(23)25)19-12-6-2-7-13-19/h1-17H. The first kappa shape index (κ1) is 17.1. The van der Waals surface area contributed by atoms with Crippen LogP contribution in [-0.2, 0) is 0 Å². The zero-order chi connectivity index (χ0) is 19.6. The lowest BCUT2D eigenvalue weighted by Crippen LogP contribution is -2.21. The van der Waals surface area contributed by atoms with E-state index in [1.807, 2.05) is 91.0 Å². The van der Waals surface area contributed by atoms with E-state index >= 15 is 0 Å². The smallest absolute Gasteiger partial charge is 0.245 e. The van der Waals surface area contributed by atoms with Gasteiger partial charge in [-0.15, -0.1) is 0 Å². The summed E-state index contributed by atoms with van der Waals surface area (Å²) in [6, 6.07) is 33.5. The molecule has 5 aromatic rings. The molecule has 4 nitrogen and oxygen atoms in total. The van der Waals surface area contributed by atoms with E-state index in [9.17, 15) is 4.79 Å². The van der Waals surface area contributed by atoms with Crippen LogP contribution in [0.3, 0.4) is 0 Å². The SMILES string of the molecule is O=c1nc(-c2ccccc2)nc2cc(-c3ccccc3)cc(-c3ccccc3)n12. The Kier molecular flexibility index (Phi) is 4.22. The van der Waals surface area contributed by atoms with Crippen LogP contribution in [-0.4, -0.2) is 14.4 Å². The molecule has 29 heavy (non-hydrogen) atoms. The van der Waals surface area contributed by atoms with Crippen LogP contribution < -0.4 is 5.69 Å². The van der Waals surface area contributed by atoms with Crippen molar-refractivity contribution < 1.29 is 0 Å². The molecule has 0 aliphatic carbocycles. The molecule has 0 spiro atoms. The first-order valence-electron chi connectivity index (χ1n) is 9.41. The topological polar surface area (TPSA) is 47.3 Å². The molecule has 0 radical (unpaired) electrons. The highest BCUT2D eigenvalue weighted by molar-refractivity contribution is 5.75. The zero-order valence-corrected chi connectivity index (χ0v) is 15.6. The predicted octanol–water partition coefficient (Wildman–Crippen LogP) is 5.09. The van der Waals surface area contributed by atoms with Crippen LogP contribution >= 0.6 is 0 Å². The van der Waals surface area contributed by atoms with E-state index in [1.165, 1.54) is 0 Å². The zero-order valence-electron chi connectivity index (χ0n) is 15.6. The molecule has 0 aliphatic rings. The lowest BCUT2D eigenvalue weighted by molar-refractivity contribution is 0.954. The second kappa shape index (κ2) is 7.17. The number of rotatable bonds is 3. The minimum absolute atomic E-state index is 0.340. The van der Waals surface area contributed by atoms with Crippen LogP contribution in [0.1, 0.15) is 0 Å². The number of benzene rings is 3. The summed E-state index contributed by atoms with van der Waals surface area (Å²) in [6.45, 7) is 0. The fourth-order valence-corrected chi connectivity index (χ4v) is 3.47. The third-order valence-corrected chi connectivity index (χ3v) is 4.87. The Bertz CT molecular complexity index is 1340.